The number of anilines is 1. The van der Waals surface area contributed by atoms with E-state index in [1.165, 1.54) is 23.5 Å². The fourth-order valence-corrected chi connectivity index (χ4v) is 4.93. The molecule has 0 aliphatic heterocycles. The Balaban J connectivity index is 1.36. The van der Waals surface area contributed by atoms with Crippen molar-refractivity contribution in [3.05, 3.63) is 96.6 Å². The predicted octanol–water partition coefficient (Wildman–Crippen LogP) is 6.42. The number of nitrogens with zero attached hydrogens (tertiary/aromatic N) is 3. The lowest BCUT2D eigenvalue weighted by atomic mass is 10.0. The van der Waals surface area contributed by atoms with Gasteiger partial charge in [0, 0.05) is 48.3 Å². The minimum absolute atomic E-state index is 0.302. The lowest BCUT2D eigenvalue weighted by Crippen LogP contribution is -2.31. The molecule has 3 aromatic heterocycles. The minimum atomic E-state index is -4.35. The van der Waals surface area contributed by atoms with Crippen molar-refractivity contribution in [2.24, 2.45) is 5.73 Å². The van der Waals surface area contributed by atoms with Crippen LogP contribution in [0.5, 0.6) is 0 Å². The lowest BCUT2D eigenvalue weighted by molar-refractivity contribution is -0.137. The Morgan fingerprint density at radius 3 is 2.44 bits per heavy atom. The first kappa shape index (κ1) is 23.9. The van der Waals surface area contributed by atoms with Crippen molar-refractivity contribution in [3.63, 3.8) is 0 Å². The van der Waals surface area contributed by atoms with Gasteiger partial charge in [0.25, 0.3) is 0 Å². The molecule has 5 aromatic rings. The quantitative estimate of drug-likeness (QED) is 0.267. The first-order chi connectivity index (χ1) is 17.4. The SMILES string of the molecule is N[C@H](CNc1nc(-c2cccnc2)c(-c2ccc3cnccc3c2)s1)Cc1ccc(C(F)(F)F)cc1. The van der Waals surface area contributed by atoms with Gasteiger partial charge in [-0.2, -0.15) is 13.2 Å². The summed E-state index contributed by atoms with van der Waals surface area (Å²) in [5, 5.41) is 6.16. The van der Waals surface area contributed by atoms with Crippen LogP contribution in [0.2, 0.25) is 0 Å². The van der Waals surface area contributed by atoms with Crippen LogP contribution in [0.15, 0.2) is 85.5 Å². The van der Waals surface area contributed by atoms with E-state index in [9.17, 15) is 13.2 Å². The number of halogens is 3. The Morgan fingerprint density at radius 1 is 0.889 bits per heavy atom. The number of hydrogen-bond donors (Lipinski definition) is 2. The molecule has 0 aliphatic rings. The smallest absolute Gasteiger partial charge is 0.360 e. The molecule has 0 aliphatic carbocycles. The molecule has 5 nitrogen and oxygen atoms in total. The number of aromatic nitrogens is 3. The van der Waals surface area contributed by atoms with Gasteiger partial charge in [-0.1, -0.05) is 35.6 Å². The van der Waals surface area contributed by atoms with Gasteiger partial charge in [-0.05, 0) is 59.3 Å². The molecule has 0 radical (unpaired) electrons. The molecule has 0 bridgehead atoms. The summed E-state index contributed by atoms with van der Waals surface area (Å²) in [6.07, 6.45) is 3.20. The number of nitrogens with one attached hydrogen (secondary N) is 1. The zero-order valence-corrected chi connectivity index (χ0v) is 19.9. The monoisotopic (exact) mass is 505 g/mol. The van der Waals surface area contributed by atoms with Crippen LogP contribution in [0.25, 0.3) is 32.5 Å². The highest BCUT2D eigenvalue weighted by Gasteiger charge is 2.30. The van der Waals surface area contributed by atoms with Crippen molar-refractivity contribution in [3.8, 4) is 21.7 Å². The summed E-state index contributed by atoms with van der Waals surface area (Å²) in [6, 6.07) is 16.8. The summed E-state index contributed by atoms with van der Waals surface area (Å²) in [6.45, 7) is 0.420. The van der Waals surface area contributed by atoms with Gasteiger partial charge in [0.1, 0.15) is 0 Å². The third-order valence-corrected chi connectivity index (χ3v) is 6.82. The van der Waals surface area contributed by atoms with Gasteiger partial charge in [-0.3, -0.25) is 9.97 Å². The molecule has 0 saturated heterocycles. The van der Waals surface area contributed by atoms with Crippen molar-refractivity contribution in [2.45, 2.75) is 18.6 Å². The summed E-state index contributed by atoms with van der Waals surface area (Å²) in [5.41, 5.74) is 9.12. The van der Waals surface area contributed by atoms with Crippen LogP contribution in [-0.2, 0) is 12.6 Å². The molecular weight excluding hydrogens is 483 g/mol. The highest BCUT2D eigenvalue weighted by atomic mass is 32.1. The fourth-order valence-electron chi connectivity index (χ4n) is 3.94. The largest absolute Gasteiger partial charge is 0.416 e. The zero-order valence-electron chi connectivity index (χ0n) is 19.0. The van der Waals surface area contributed by atoms with E-state index in [2.05, 4.69) is 27.4 Å². The van der Waals surface area contributed by atoms with Gasteiger partial charge in [0.15, 0.2) is 5.13 Å². The van der Waals surface area contributed by atoms with Gasteiger partial charge in [0.2, 0.25) is 0 Å². The molecule has 0 amide bonds. The topological polar surface area (TPSA) is 76.7 Å². The van der Waals surface area contributed by atoms with Crippen LogP contribution in [0, 0.1) is 0 Å². The first-order valence-corrected chi connectivity index (χ1v) is 12.1. The number of hydrogen-bond acceptors (Lipinski definition) is 6. The molecule has 36 heavy (non-hydrogen) atoms. The number of pyridine rings is 2. The summed E-state index contributed by atoms with van der Waals surface area (Å²) in [4.78, 5) is 14.3. The minimum Gasteiger partial charge on any atom is -0.360 e. The molecule has 3 heterocycles. The van der Waals surface area contributed by atoms with Crippen LogP contribution in [0.1, 0.15) is 11.1 Å². The van der Waals surface area contributed by atoms with E-state index >= 15 is 0 Å². The van der Waals surface area contributed by atoms with Crippen LogP contribution < -0.4 is 11.1 Å². The average Bonchev–Trinajstić information content (AvgIpc) is 3.32. The predicted molar refractivity (Wildman–Crippen MR) is 138 cm³/mol. The number of alkyl halides is 3. The molecule has 3 N–H and O–H groups in total. The van der Waals surface area contributed by atoms with Crippen molar-refractivity contribution in [1.29, 1.82) is 0 Å². The molecule has 9 heteroatoms. The number of benzene rings is 2. The fraction of sp³-hybridized carbons (Fsp3) is 0.148. The lowest BCUT2D eigenvalue weighted by Gasteiger charge is -2.13. The van der Waals surface area contributed by atoms with E-state index in [-0.39, 0.29) is 6.04 Å². The number of rotatable bonds is 7. The highest BCUT2D eigenvalue weighted by Crippen LogP contribution is 2.39. The standard InChI is InChI=1S/C27H22F3N5S/c28-27(29,30)22-7-3-17(4-8-22)12-23(31)16-34-26-35-24(21-2-1-10-32-15-21)25(36-26)19-5-6-20-14-33-11-9-18(20)13-19/h1-11,13-15,23H,12,16,31H2,(H,34,35)/t23-/m0/s1. The van der Waals surface area contributed by atoms with Crippen LogP contribution >= 0.6 is 11.3 Å². The second kappa shape index (κ2) is 10.0. The maximum atomic E-state index is 12.8. The molecule has 1 atom stereocenters. The van der Waals surface area contributed by atoms with E-state index in [1.807, 2.05) is 30.5 Å². The van der Waals surface area contributed by atoms with E-state index in [0.29, 0.717) is 18.1 Å². The van der Waals surface area contributed by atoms with E-state index in [4.69, 9.17) is 10.7 Å². The van der Waals surface area contributed by atoms with Crippen LogP contribution in [-0.4, -0.2) is 27.5 Å². The Labute approximate surface area is 209 Å². The summed E-state index contributed by atoms with van der Waals surface area (Å²) >= 11 is 1.52. The average molecular weight is 506 g/mol. The Hall–Kier alpha value is -3.82. The van der Waals surface area contributed by atoms with Crippen molar-refractivity contribution < 1.29 is 13.2 Å². The normalized spacial score (nSPS) is 12.6. The Kier molecular flexibility index (Phi) is 6.67. The second-order valence-corrected chi connectivity index (χ2v) is 9.41. The van der Waals surface area contributed by atoms with Gasteiger partial charge in [-0.15, -0.1) is 0 Å². The van der Waals surface area contributed by atoms with E-state index in [0.717, 1.165) is 50.2 Å². The summed E-state index contributed by atoms with van der Waals surface area (Å²) in [5.74, 6) is 0. The number of thiazole rings is 1. The Morgan fingerprint density at radius 2 is 1.69 bits per heavy atom. The third-order valence-electron chi connectivity index (χ3n) is 5.76. The van der Waals surface area contributed by atoms with Gasteiger partial charge in [0.05, 0.1) is 16.1 Å². The summed E-state index contributed by atoms with van der Waals surface area (Å²) < 4.78 is 38.4. The van der Waals surface area contributed by atoms with Crippen LogP contribution in [0.3, 0.4) is 0 Å². The zero-order chi connectivity index (χ0) is 25.1. The number of fused-ring (bicyclic) bond motifs is 1. The molecule has 0 unspecified atom stereocenters. The summed E-state index contributed by atoms with van der Waals surface area (Å²) in [7, 11) is 0. The molecule has 0 saturated carbocycles. The molecule has 5 rings (SSSR count). The molecule has 2 aromatic carbocycles. The first-order valence-electron chi connectivity index (χ1n) is 11.3. The highest BCUT2D eigenvalue weighted by molar-refractivity contribution is 7.19. The van der Waals surface area contributed by atoms with Gasteiger partial charge in [-0.25, -0.2) is 4.98 Å². The molecule has 0 spiro atoms. The van der Waals surface area contributed by atoms with E-state index < -0.39 is 11.7 Å². The molecular formula is C27H22F3N5S. The van der Waals surface area contributed by atoms with E-state index in [1.54, 1.807) is 18.6 Å². The number of nitrogens with two attached hydrogens (primary N) is 1. The van der Waals surface area contributed by atoms with Crippen molar-refractivity contribution >= 4 is 27.2 Å². The maximum Gasteiger partial charge on any atom is 0.416 e. The second-order valence-electron chi connectivity index (χ2n) is 8.42. The molecule has 182 valence electrons. The van der Waals surface area contributed by atoms with Gasteiger partial charge >= 0.3 is 6.18 Å². The van der Waals surface area contributed by atoms with Crippen molar-refractivity contribution in [1.82, 2.24) is 15.0 Å². The molecule has 0 fully saturated rings. The van der Waals surface area contributed by atoms with Gasteiger partial charge < -0.3 is 11.1 Å². The maximum absolute atomic E-state index is 12.8. The Bertz CT molecular complexity index is 1470. The third kappa shape index (κ3) is 5.37. The van der Waals surface area contributed by atoms with Crippen molar-refractivity contribution in [2.75, 3.05) is 11.9 Å². The van der Waals surface area contributed by atoms with Crippen LogP contribution in [0.4, 0.5) is 18.3 Å².